The molecular formula is C10H19NO3. The molecule has 0 amide bonds. The minimum Gasteiger partial charge on any atom is -0.478 e. The van der Waals surface area contributed by atoms with Gasteiger partial charge in [0.15, 0.2) is 0 Å². The number of carbonyl (C=O) groups is 1. The zero-order valence-corrected chi connectivity index (χ0v) is 8.95. The lowest BCUT2D eigenvalue weighted by Gasteiger charge is -2.14. The summed E-state index contributed by atoms with van der Waals surface area (Å²) in [4.78, 5) is 10.4. The standard InChI is InChI=1S/C10H19NO3/c1-7(2)9(12)6-11-5-4-8(3)10(13)14/h4,7,9,11-12H,5-6H2,1-3H3,(H,13,14)/b8-4-. The van der Waals surface area contributed by atoms with Crippen molar-refractivity contribution in [2.45, 2.75) is 26.9 Å². The minimum absolute atomic E-state index is 0.215. The highest BCUT2D eigenvalue weighted by atomic mass is 16.4. The smallest absolute Gasteiger partial charge is 0.330 e. The summed E-state index contributed by atoms with van der Waals surface area (Å²) in [6, 6.07) is 0. The first kappa shape index (κ1) is 13.1. The number of hydrogen-bond acceptors (Lipinski definition) is 3. The van der Waals surface area contributed by atoms with Crippen LogP contribution in [0.2, 0.25) is 0 Å². The van der Waals surface area contributed by atoms with Gasteiger partial charge in [0, 0.05) is 18.7 Å². The van der Waals surface area contributed by atoms with Gasteiger partial charge < -0.3 is 15.5 Å². The molecule has 82 valence electrons. The zero-order valence-electron chi connectivity index (χ0n) is 8.95. The van der Waals surface area contributed by atoms with Gasteiger partial charge in [-0.3, -0.25) is 0 Å². The average Bonchev–Trinajstić information content (AvgIpc) is 2.11. The van der Waals surface area contributed by atoms with Gasteiger partial charge in [-0.25, -0.2) is 4.79 Å². The fourth-order valence-corrected chi connectivity index (χ4v) is 0.779. The highest BCUT2D eigenvalue weighted by Crippen LogP contribution is 1.98. The number of aliphatic hydroxyl groups is 1. The Morgan fingerprint density at radius 2 is 2.07 bits per heavy atom. The third-order valence-corrected chi connectivity index (χ3v) is 2.01. The van der Waals surface area contributed by atoms with Crippen LogP contribution in [0, 0.1) is 5.92 Å². The van der Waals surface area contributed by atoms with Gasteiger partial charge >= 0.3 is 5.97 Å². The molecular weight excluding hydrogens is 182 g/mol. The molecule has 0 heterocycles. The van der Waals surface area contributed by atoms with Crippen molar-refractivity contribution >= 4 is 5.97 Å². The molecule has 4 heteroatoms. The number of carboxylic acids is 1. The number of carboxylic acid groups (broad SMARTS) is 1. The topological polar surface area (TPSA) is 69.6 Å². The van der Waals surface area contributed by atoms with Crippen molar-refractivity contribution in [3.63, 3.8) is 0 Å². The first-order chi connectivity index (χ1) is 6.45. The largest absolute Gasteiger partial charge is 0.478 e. The first-order valence-corrected chi connectivity index (χ1v) is 4.74. The lowest BCUT2D eigenvalue weighted by atomic mass is 10.1. The molecule has 0 aliphatic carbocycles. The van der Waals surface area contributed by atoms with Crippen LogP contribution in [-0.4, -0.2) is 35.4 Å². The van der Waals surface area contributed by atoms with Gasteiger partial charge in [0.25, 0.3) is 0 Å². The summed E-state index contributed by atoms with van der Waals surface area (Å²) in [6.07, 6.45) is 1.21. The summed E-state index contributed by atoms with van der Waals surface area (Å²) in [5.74, 6) is -0.691. The van der Waals surface area contributed by atoms with Crippen LogP contribution in [0.5, 0.6) is 0 Å². The van der Waals surface area contributed by atoms with Gasteiger partial charge in [0.05, 0.1) is 6.10 Å². The Morgan fingerprint density at radius 3 is 2.50 bits per heavy atom. The summed E-state index contributed by atoms with van der Waals surface area (Å²) < 4.78 is 0. The molecule has 0 aromatic heterocycles. The second-order valence-corrected chi connectivity index (χ2v) is 3.66. The van der Waals surface area contributed by atoms with E-state index in [1.165, 1.54) is 0 Å². The Bertz CT molecular complexity index is 211. The normalized spacial score (nSPS) is 14.5. The molecule has 0 fully saturated rings. The fourth-order valence-electron chi connectivity index (χ4n) is 0.779. The highest BCUT2D eigenvalue weighted by molar-refractivity contribution is 5.85. The van der Waals surface area contributed by atoms with Crippen molar-refractivity contribution in [2.24, 2.45) is 5.92 Å². The quantitative estimate of drug-likeness (QED) is 0.435. The summed E-state index contributed by atoms with van der Waals surface area (Å²) in [5, 5.41) is 20.9. The molecule has 0 bridgehead atoms. The van der Waals surface area contributed by atoms with E-state index in [4.69, 9.17) is 5.11 Å². The molecule has 0 aliphatic rings. The van der Waals surface area contributed by atoms with E-state index in [1.807, 2.05) is 13.8 Å². The van der Waals surface area contributed by atoms with Crippen LogP contribution in [0.3, 0.4) is 0 Å². The number of nitrogens with one attached hydrogen (secondary N) is 1. The number of aliphatic hydroxyl groups excluding tert-OH is 1. The molecule has 0 aromatic rings. The predicted molar refractivity (Wildman–Crippen MR) is 55.1 cm³/mol. The van der Waals surface area contributed by atoms with Gasteiger partial charge in [-0.15, -0.1) is 0 Å². The van der Waals surface area contributed by atoms with E-state index in [0.717, 1.165) is 0 Å². The molecule has 3 N–H and O–H groups in total. The van der Waals surface area contributed by atoms with Crippen molar-refractivity contribution in [3.05, 3.63) is 11.6 Å². The molecule has 0 radical (unpaired) electrons. The van der Waals surface area contributed by atoms with Gasteiger partial charge in [0.1, 0.15) is 0 Å². The van der Waals surface area contributed by atoms with E-state index in [2.05, 4.69) is 5.32 Å². The Labute approximate surface area is 84.6 Å². The minimum atomic E-state index is -0.906. The molecule has 1 unspecified atom stereocenters. The van der Waals surface area contributed by atoms with Crippen LogP contribution in [0.4, 0.5) is 0 Å². The Hall–Kier alpha value is -0.870. The number of hydrogen-bond donors (Lipinski definition) is 3. The molecule has 0 saturated carbocycles. The molecule has 1 atom stereocenters. The van der Waals surface area contributed by atoms with Crippen LogP contribution in [-0.2, 0) is 4.79 Å². The molecule has 4 nitrogen and oxygen atoms in total. The maximum atomic E-state index is 10.4. The Morgan fingerprint density at radius 1 is 1.50 bits per heavy atom. The Kier molecular flexibility index (Phi) is 6.16. The van der Waals surface area contributed by atoms with E-state index in [9.17, 15) is 9.90 Å². The average molecular weight is 201 g/mol. The maximum Gasteiger partial charge on any atom is 0.330 e. The van der Waals surface area contributed by atoms with Crippen molar-refractivity contribution in [3.8, 4) is 0 Å². The zero-order chi connectivity index (χ0) is 11.1. The van der Waals surface area contributed by atoms with Crippen molar-refractivity contribution in [2.75, 3.05) is 13.1 Å². The summed E-state index contributed by atoms with van der Waals surface area (Å²) in [7, 11) is 0. The van der Waals surface area contributed by atoms with Crippen molar-refractivity contribution in [1.82, 2.24) is 5.32 Å². The van der Waals surface area contributed by atoms with Crippen LogP contribution in [0.15, 0.2) is 11.6 Å². The molecule has 0 saturated heterocycles. The number of rotatable bonds is 6. The summed E-state index contributed by atoms with van der Waals surface area (Å²) >= 11 is 0. The second kappa shape index (κ2) is 6.56. The van der Waals surface area contributed by atoms with Crippen LogP contribution < -0.4 is 5.32 Å². The van der Waals surface area contributed by atoms with E-state index < -0.39 is 5.97 Å². The first-order valence-electron chi connectivity index (χ1n) is 4.74. The molecule has 0 spiro atoms. The highest BCUT2D eigenvalue weighted by Gasteiger charge is 2.07. The van der Waals surface area contributed by atoms with Crippen molar-refractivity contribution < 1.29 is 15.0 Å². The SMILES string of the molecule is C/C(=C/CNCC(O)C(C)C)C(=O)O. The third kappa shape index (κ3) is 5.72. The lowest BCUT2D eigenvalue weighted by Crippen LogP contribution is -2.30. The van der Waals surface area contributed by atoms with E-state index in [-0.39, 0.29) is 12.0 Å². The lowest BCUT2D eigenvalue weighted by molar-refractivity contribution is -0.132. The van der Waals surface area contributed by atoms with Crippen molar-refractivity contribution in [1.29, 1.82) is 0 Å². The van der Waals surface area contributed by atoms with Gasteiger partial charge in [-0.2, -0.15) is 0 Å². The van der Waals surface area contributed by atoms with Crippen LogP contribution >= 0.6 is 0 Å². The maximum absolute atomic E-state index is 10.4. The molecule has 0 rings (SSSR count). The second-order valence-electron chi connectivity index (χ2n) is 3.66. The summed E-state index contributed by atoms with van der Waals surface area (Å²) in [6.45, 7) is 6.38. The summed E-state index contributed by atoms with van der Waals surface area (Å²) in [5.41, 5.74) is 0.316. The van der Waals surface area contributed by atoms with Gasteiger partial charge in [-0.1, -0.05) is 19.9 Å². The Balaban J connectivity index is 3.66. The van der Waals surface area contributed by atoms with Crippen LogP contribution in [0.1, 0.15) is 20.8 Å². The van der Waals surface area contributed by atoms with Crippen LogP contribution in [0.25, 0.3) is 0 Å². The van der Waals surface area contributed by atoms with E-state index in [1.54, 1.807) is 13.0 Å². The predicted octanol–water partition coefficient (Wildman–Crippen LogP) is 0.624. The van der Waals surface area contributed by atoms with E-state index >= 15 is 0 Å². The molecule has 14 heavy (non-hydrogen) atoms. The molecule has 0 aromatic carbocycles. The number of aliphatic carboxylic acids is 1. The molecule has 0 aliphatic heterocycles. The van der Waals surface area contributed by atoms with Gasteiger partial charge in [0.2, 0.25) is 0 Å². The third-order valence-electron chi connectivity index (χ3n) is 2.01. The van der Waals surface area contributed by atoms with Gasteiger partial charge in [-0.05, 0) is 12.8 Å². The monoisotopic (exact) mass is 201 g/mol. The van der Waals surface area contributed by atoms with E-state index in [0.29, 0.717) is 18.7 Å². The fraction of sp³-hybridized carbons (Fsp3) is 0.700.